The molecule has 1 N–H and O–H groups in total. The SMILES string of the molecule is COc1ccnc(C(=O)C[C@@H](C)C(=O)O[C@@H](C)[C@@H](c2ccc(C)cc2C)C2CCC2)c1O. The number of benzene rings is 1. The fourth-order valence-corrected chi connectivity index (χ4v) is 4.52. The van der Waals surface area contributed by atoms with Gasteiger partial charge in [0.25, 0.3) is 0 Å². The van der Waals surface area contributed by atoms with E-state index in [9.17, 15) is 14.7 Å². The Kier molecular flexibility index (Phi) is 7.54. The van der Waals surface area contributed by atoms with Crippen molar-refractivity contribution in [1.29, 1.82) is 0 Å². The normalized spacial score (nSPS) is 16.5. The zero-order chi connectivity index (χ0) is 23.4. The lowest BCUT2D eigenvalue weighted by Gasteiger charge is -2.38. The van der Waals surface area contributed by atoms with E-state index >= 15 is 0 Å². The second-order valence-electron chi connectivity index (χ2n) is 8.96. The molecule has 0 unspecified atom stereocenters. The molecule has 6 heteroatoms. The van der Waals surface area contributed by atoms with Crippen LogP contribution in [0.25, 0.3) is 0 Å². The van der Waals surface area contributed by atoms with Crippen LogP contribution in [0.3, 0.4) is 0 Å². The van der Waals surface area contributed by atoms with E-state index in [0.717, 1.165) is 12.8 Å². The summed E-state index contributed by atoms with van der Waals surface area (Å²) in [5.41, 5.74) is 3.56. The minimum absolute atomic E-state index is 0.0975. The molecule has 0 bridgehead atoms. The number of Topliss-reactive ketones (excluding diaryl/α,β-unsaturated/α-hetero) is 1. The maximum absolute atomic E-state index is 12.9. The second kappa shape index (κ2) is 10.2. The molecule has 1 aliphatic rings. The number of esters is 1. The molecule has 1 aliphatic carbocycles. The predicted molar refractivity (Wildman–Crippen MR) is 122 cm³/mol. The molecule has 32 heavy (non-hydrogen) atoms. The van der Waals surface area contributed by atoms with Crippen molar-refractivity contribution in [1.82, 2.24) is 4.98 Å². The number of nitrogens with zero attached hydrogens (tertiary/aromatic N) is 1. The summed E-state index contributed by atoms with van der Waals surface area (Å²) in [6.45, 7) is 7.80. The van der Waals surface area contributed by atoms with Crippen LogP contribution in [-0.4, -0.2) is 35.1 Å². The van der Waals surface area contributed by atoms with Gasteiger partial charge in [0.05, 0.1) is 13.0 Å². The molecule has 3 rings (SSSR count). The van der Waals surface area contributed by atoms with E-state index in [1.165, 1.54) is 42.5 Å². The predicted octanol–water partition coefficient (Wildman–Crippen LogP) is 5.14. The summed E-state index contributed by atoms with van der Waals surface area (Å²) in [6.07, 6.45) is 4.47. The lowest BCUT2D eigenvalue weighted by Crippen LogP contribution is -2.34. The van der Waals surface area contributed by atoms with Gasteiger partial charge >= 0.3 is 5.97 Å². The average molecular weight is 440 g/mol. The lowest BCUT2D eigenvalue weighted by atomic mass is 9.70. The number of aromatic nitrogens is 1. The number of aromatic hydroxyl groups is 1. The van der Waals surface area contributed by atoms with Crippen molar-refractivity contribution in [2.45, 2.75) is 65.4 Å². The van der Waals surface area contributed by atoms with Crippen LogP contribution in [0.2, 0.25) is 0 Å². The van der Waals surface area contributed by atoms with Gasteiger partial charge in [-0.3, -0.25) is 9.59 Å². The van der Waals surface area contributed by atoms with Crippen molar-refractivity contribution in [3.63, 3.8) is 0 Å². The van der Waals surface area contributed by atoms with E-state index in [-0.39, 0.29) is 35.6 Å². The van der Waals surface area contributed by atoms with Gasteiger partial charge in [-0.25, -0.2) is 4.98 Å². The Bertz CT molecular complexity index is 982. The minimum atomic E-state index is -0.654. The van der Waals surface area contributed by atoms with Gasteiger partial charge in [-0.05, 0) is 50.7 Å². The summed E-state index contributed by atoms with van der Waals surface area (Å²) >= 11 is 0. The van der Waals surface area contributed by atoms with E-state index in [0.29, 0.717) is 5.92 Å². The highest BCUT2D eigenvalue weighted by atomic mass is 16.5. The molecule has 2 aromatic rings. The van der Waals surface area contributed by atoms with Crippen molar-refractivity contribution in [3.8, 4) is 11.5 Å². The molecule has 6 nitrogen and oxygen atoms in total. The molecule has 172 valence electrons. The summed E-state index contributed by atoms with van der Waals surface area (Å²) in [7, 11) is 1.40. The molecule has 0 radical (unpaired) electrons. The van der Waals surface area contributed by atoms with Gasteiger partial charge in [0, 0.05) is 24.6 Å². The van der Waals surface area contributed by atoms with Gasteiger partial charge < -0.3 is 14.6 Å². The van der Waals surface area contributed by atoms with Crippen molar-refractivity contribution < 1.29 is 24.2 Å². The molecule has 1 aromatic carbocycles. The smallest absolute Gasteiger partial charge is 0.309 e. The quantitative estimate of drug-likeness (QED) is 0.430. The maximum atomic E-state index is 12.9. The highest BCUT2D eigenvalue weighted by Gasteiger charge is 2.36. The summed E-state index contributed by atoms with van der Waals surface area (Å²) < 4.78 is 10.9. The zero-order valence-electron chi connectivity index (χ0n) is 19.6. The Labute approximate surface area is 190 Å². The first-order valence-electron chi connectivity index (χ1n) is 11.3. The van der Waals surface area contributed by atoms with E-state index in [1.54, 1.807) is 6.92 Å². The fourth-order valence-electron chi connectivity index (χ4n) is 4.52. The molecular formula is C26H33NO5. The van der Waals surface area contributed by atoms with Crippen molar-refractivity contribution in [2.24, 2.45) is 11.8 Å². The van der Waals surface area contributed by atoms with Gasteiger partial charge in [0.1, 0.15) is 6.10 Å². The number of hydrogen-bond acceptors (Lipinski definition) is 6. The van der Waals surface area contributed by atoms with E-state index < -0.39 is 17.7 Å². The Morgan fingerprint density at radius 2 is 1.91 bits per heavy atom. The monoisotopic (exact) mass is 439 g/mol. The summed E-state index contributed by atoms with van der Waals surface area (Å²) in [5.74, 6) is -1.00. The Morgan fingerprint density at radius 1 is 1.19 bits per heavy atom. The van der Waals surface area contributed by atoms with Gasteiger partial charge in [0.2, 0.25) is 0 Å². The first-order valence-corrected chi connectivity index (χ1v) is 11.3. The molecular weight excluding hydrogens is 406 g/mol. The highest BCUT2D eigenvalue weighted by Crippen LogP contribution is 2.43. The molecule has 0 amide bonds. The summed E-state index contributed by atoms with van der Waals surface area (Å²) in [4.78, 5) is 29.4. The van der Waals surface area contributed by atoms with E-state index in [1.807, 2.05) is 6.92 Å². The first kappa shape index (κ1) is 23.8. The third kappa shape index (κ3) is 5.12. The van der Waals surface area contributed by atoms with Gasteiger partial charge in [0.15, 0.2) is 23.0 Å². The van der Waals surface area contributed by atoms with Crippen molar-refractivity contribution in [2.75, 3.05) is 7.11 Å². The van der Waals surface area contributed by atoms with Gasteiger partial charge in [-0.2, -0.15) is 0 Å². The topological polar surface area (TPSA) is 85.7 Å². The fraction of sp³-hybridized carbons (Fsp3) is 0.500. The van der Waals surface area contributed by atoms with Crippen molar-refractivity contribution >= 4 is 11.8 Å². The number of pyridine rings is 1. The Hall–Kier alpha value is -2.89. The van der Waals surface area contributed by atoms with E-state index in [4.69, 9.17) is 9.47 Å². The number of carbonyl (C=O) groups excluding carboxylic acids is 2. The lowest BCUT2D eigenvalue weighted by molar-refractivity contribution is -0.154. The van der Waals surface area contributed by atoms with Crippen LogP contribution in [0.15, 0.2) is 30.5 Å². The van der Waals surface area contributed by atoms with Crippen molar-refractivity contribution in [3.05, 3.63) is 52.8 Å². The largest absolute Gasteiger partial charge is 0.503 e. The molecule has 0 aliphatic heterocycles. The van der Waals surface area contributed by atoms with Crippen LogP contribution in [0.1, 0.15) is 72.6 Å². The zero-order valence-corrected chi connectivity index (χ0v) is 19.6. The van der Waals surface area contributed by atoms with Crippen LogP contribution >= 0.6 is 0 Å². The number of ether oxygens (including phenoxy) is 2. The first-order chi connectivity index (χ1) is 15.2. The maximum Gasteiger partial charge on any atom is 0.309 e. The Balaban J connectivity index is 1.69. The molecule has 3 atom stereocenters. The molecule has 1 saturated carbocycles. The van der Waals surface area contributed by atoms with Crippen LogP contribution < -0.4 is 4.74 Å². The number of methoxy groups -OCH3 is 1. The average Bonchev–Trinajstić information content (AvgIpc) is 2.71. The molecule has 1 fully saturated rings. The molecule has 1 heterocycles. The van der Waals surface area contributed by atoms with Crippen LogP contribution in [0, 0.1) is 25.7 Å². The number of hydrogen-bond donors (Lipinski definition) is 1. The standard InChI is InChI=1S/C26H33NO5/c1-15-9-10-20(16(2)13-15)23(19-7-6-8-19)18(4)32-26(30)17(3)14-21(28)24-25(29)22(31-5)11-12-27-24/h9-13,17-19,23,29H,6-8,14H2,1-5H3/t17-,18+,23-/m1/s1. The van der Waals surface area contributed by atoms with Crippen LogP contribution in [0.5, 0.6) is 11.5 Å². The number of aryl methyl sites for hydroxylation is 2. The minimum Gasteiger partial charge on any atom is -0.503 e. The third-order valence-electron chi connectivity index (χ3n) is 6.52. The molecule has 1 aromatic heterocycles. The highest BCUT2D eigenvalue weighted by molar-refractivity contribution is 5.99. The molecule has 0 spiro atoms. The van der Waals surface area contributed by atoms with E-state index in [2.05, 4.69) is 37.0 Å². The third-order valence-corrected chi connectivity index (χ3v) is 6.52. The Morgan fingerprint density at radius 3 is 2.50 bits per heavy atom. The number of carbonyl (C=O) groups is 2. The second-order valence-corrected chi connectivity index (χ2v) is 8.96. The molecule has 0 saturated heterocycles. The summed E-state index contributed by atoms with van der Waals surface area (Å²) in [6, 6.07) is 7.91. The van der Waals surface area contributed by atoms with Crippen LogP contribution in [-0.2, 0) is 9.53 Å². The summed E-state index contributed by atoms with van der Waals surface area (Å²) in [5, 5.41) is 10.2. The van der Waals surface area contributed by atoms with Gasteiger partial charge in [-0.15, -0.1) is 0 Å². The van der Waals surface area contributed by atoms with Gasteiger partial charge in [-0.1, -0.05) is 37.1 Å². The van der Waals surface area contributed by atoms with Crippen LogP contribution in [0.4, 0.5) is 0 Å². The number of ketones is 1. The number of rotatable bonds is 9.